The van der Waals surface area contributed by atoms with Gasteiger partial charge in [0.15, 0.2) is 5.78 Å². The van der Waals surface area contributed by atoms with Crippen molar-refractivity contribution in [2.75, 3.05) is 6.54 Å². The van der Waals surface area contributed by atoms with Gasteiger partial charge < -0.3 is 10.3 Å². The van der Waals surface area contributed by atoms with Crippen LogP contribution in [0.5, 0.6) is 0 Å². The van der Waals surface area contributed by atoms with Gasteiger partial charge in [0.05, 0.1) is 6.54 Å². The number of H-pyrrole nitrogens is 1. The molecule has 1 fully saturated rings. The molecule has 6 nitrogen and oxygen atoms in total. The topological polar surface area (TPSA) is 82.3 Å². The predicted octanol–water partition coefficient (Wildman–Crippen LogP) is 3.40. The van der Waals surface area contributed by atoms with Crippen LogP contribution in [0.3, 0.4) is 0 Å². The number of imide groups is 1. The van der Waals surface area contributed by atoms with Crippen molar-refractivity contribution in [3.05, 3.63) is 70.9 Å². The Kier molecular flexibility index (Phi) is 4.22. The fraction of sp³-hybridized carbons (Fsp3) is 0.190. The lowest BCUT2D eigenvalue weighted by atomic mass is 9.91. The summed E-state index contributed by atoms with van der Waals surface area (Å²) < 4.78 is 27.9. The number of halogens is 2. The summed E-state index contributed by atoms with van der Waals surface area (Å²) in [5.41, 5.74) is -0.348. The highest BCUT2D eigenvalue weighted by Gasteiger charge is 2.51. The number of fused-ring (bicyclic) bond motifs is 1. The van der Waals surface area contributed by atoms with Crippen molar-refractivity contribution >= 4 is 28.6 Å². The zero-order chi connectivity index (χ0) is 20.9. The third-order valence-electron chi connectivity index (χ3n) is 5.22. The summed E-state index contributed by atoms with van der Waals surface area (Å²) >= 11 is 0. The largest absolute Gasteiger partial charge is 0.358 e. The summed E-state index contributed by atoms with van der Waals surface area (Å²) in [5, 5.41) is 3.07. The molecular weight excluding hydrogens is 380 g/mol. The molecule has 0 bridgehead atoms. The van der Waals surface area contributed by atoms with Crippen LogP contribution in [0.4, 0.5) is 13.6 Å². The number of rotatable bonds is 4. The van der Waals surface area contributed by atoms with E-state index in [-0.39, 0.29) is 5.56 Å². The number of nitrogens with one attached hydrogen (secondary N) is 2. The summed E-state index contributed by atoms with van der Waals surface area (Å²) in [7, 11) is 0. The van der Waals surface area contributed by atoms with Gasteiger partial charge >= 0.3 is 6.03 Å². The standard InChI is InChI=1S/C21H17F2N3O3/c1-11-18(13-5-3-4-6-16(13)24-11)17(27)10-26-19(28)21(2,25-20(26)29)14-9-12(22)7-8-15(14)23/h3-9,24H,10H2,1-2H3,(H,25,29)/t21-/m1/s1. The summed E-state index contributed by atoms with van der Waals surface area (Å²) in [6.45, 7) is 2.50. The minimum Gasteiger partial charge on any atom is -0.358 e. The normalized spacial score (nSPS) is 19.1. The molecule has 1 atom stereocenters. The lowest BCUT2D eigenvalue weighted by Crippen LogP contribution is -2.42. The first-order valence-electron chi connectivity index (χ1n) is 8.92. The Hall–Kier alpha value is -3.55. The molecule has 3 amide bonds. The second-order valence-electron chi connectivity index (χ2n) is 7.16. The zero-order valence-electron chi connectivity index (χ0n) is 15.7. The van der Waals surface area contributed by atoms with Gasteiger partial charge in [-0.05, 0) is 38.1 Å². The van der Waals surface area contributed by atoms with Crippen molar-refractivity contribution in [3.8, 4) is 0 Å². The van der Waals surface area contributed by atoms with Crippen molar-refractivity contribution in [1.82, 2.24) is 15.2 Å². The number of carbonyl (C=O) groups excluding carboxylic acids is 3. The van der Waals surface area contributed by atoms with Crippen LogP contribution in [0.1, 0.15) is 28.5 Å². The molecule has 3 aromatic rings. The summed E-state index contributed by atoms with van der Waals surface area (Å²) in [6.07, 6.45) is 0. The Balaban J connectivity index is 1.67. The molecule has 1 aliphatic rings. The second kappa shape index (κ2) is 6.51. The van der Waals surface area contributed by atoms with Crippen LogP contribution in [0.2, 0.25) is 0 Å². The fourth-order valence-electron chi connectivity index (χ4n) is 3.76. The highest BCUT2D eigenvalue weighted by atomic mass is 19.1. The first kappa shape index (κ1) is 18.8. The van der Waals surface area contributed by atoms with Crippen LogP contribution < -0.4 is 5.32 Å². The zero-order valence-corrected chi connectivity index (χ0v) is 15.7. The van der Waals surface area contributed by atoms with E-state index >= 15 is 0 Å². The molecule has 0 unspecified atom stereocenters. The predicted molar refractivity (Wildman–Crippen MR) is 101 cm³/mol. The van der Waals surface area contributed by atoms with Crippen molar-refractivity contribution in [2.45, 2.75) is 19.4 Å². The highest BCUT2D eigenvalue weighted by Crippen LogP contribution is 2.32. The van der Waals surface area contributed by atoms with E-state index in [4.69, 9.17) is 0 Å². The maximum absolute atomic E-state index is 14.2. The number of hydrogen-bond acceptors (Lipinski definition) is 3. The number of para-hydroxylation sites is 1. The molecule has 1 aromatic heterocycles. The third-order valence-corrected chi connectivity index (χ3v) is 5.22. The number of aryl methyl sites for hydroxylation is 1. The maximum atomic E-state index is 14.2. The first-order chi connectivity index (χ1) is 13.7. The van der Waals surface area contributed by atoms with E-state index < -0.39 is 41.4 Å². The van der Waals surface area contributed by atoms with Crippen LogP contribution in [0, 0.1) is 18.6 Å². The maximum Gasteiger partial charge on any atom is 0.325 e. The number of carbonyl (C=O) groups is 3. The van der Waals surface area contributed by atoms with Crippen LogP contribution in [0.15, 0.2) is 42.5 Å². The Morgan fingerprint density at radius 1 is 1.14 bits per heavy atom. The summed E-state index contributed by atoms with van der Waals surface area (Å²) in [6, 6.07) is 9.02. The van der Waals surface area contributed by atoms with Crippen molar-refractivity contribution in [3.63, 3.8) is 0 Å². The SMILES string of the molecule is Cc1[nH]c2ccccc2c1C(=O)CN1C(=O)N[C@](C)(c2cc(F)ccc2F)C1=O. The molecule has 0 aliphatic carbocycles. The first-order valence-corrected chi connectivity index (χ1v) is 8.92. The Morgan fingerprint density at radius 3 is 2.62 bits per heavy atom. The molecule has 8 heteroatoms. The van der Waals surface area contributed by atoms with E-state index in [9.17, 15) is 23.2 Å². The number of urea groups is 1. The average Bonchev–Trinajstić information content (AvgIpc) is 3.12. The second-order valence-corrected chi connectivity index (χ2v) is 7.16. The van der Waals surface area contributed by atoms with Gasteiger partial charge in [0.2, 0.25) is 0 Å². The summed E-state index contributed by atoms with van der Waals surface area (Å²) in [4.78, 5) is 42.1. The number of nitrogens with zero attached hydrogens (tertiary/aromatic N) is 1. The van der Waals surface area contributed by atoms with Gasteiger partial charge in [-0.1, -0.05) is 18.2 Å². The molecule has 2 heterocycles. The highest BCUT2D eigenvalue weighted by molar-refractivity contribution is 6.15. The van der Waals surface area contributed by atoms with E-state index in [2.05, 4.69) is 10.3 Å². The Labute approximate surface area is 164 Å². The molecule has 4 rings (SSSR count). The lowest BCUT2D eigenvalue weighted by molar-refractivity contribution is -0.130. The van der Waals surface area contributed by atoms with Gasteiger partial charge in [0, 0.05) is 27.7 Å². The van der Waals surface area contributed by atoms with E-state index in [0.717, 1.165) is 28.6 Å². The van der Waals surface area contributed by atoms with Crippen LogP contribution in [-0.2, 0) is 10.3 Å². The average molecular weight is 397 g/mol. The fourth-order valence-corrected chi connectivity index (χ4v) is 3.76. The molecule has 0 spiro atoms. The number of Topliss-reactive ketones (excluding diaryl/α,β-unsaturated/α-hetero) is 1. The number of aromatic amines is 1. The number of hydrogen-bond donors (Lipinski definition) is 2. The molecule has 0 radical (unpaired) electrons. The van der Waals surface area contributed by atoms with E-state index in [1.165, 1.54) is 6.92 Å². The monoisotopic (exact) mass is 397 g/mol. The van der Waals surface area contributed by atoms with Crippen molar-refractivity contribution in [1.29, 1.82) is 0 Å². The van der Waals surface area contributed by atoms with Gasteiger partial charge in [-0.2, -0.15) is 0 Å². The van der Waals surface area contributed by atoms with Gasteiger partial charge in [-0.15, -0.1) is 0 Å². The van der Waals surface area contributed by atoms with Crippen LogP contribution in [-0.4, -0.2) is 34.2 Å². The van der Waals surface area contributed by atoms with Crippen LogP contribution in [0.25, 0.3) is 10.9 Å². The minimum absolute atomic E-state index is 0.297. The molecule has 29 heavy (non-hydrogen) atoms. The van der Waals surface area contributed by atoms with Gasteiger partial charge in [0.25, 0.3) is 5.91 Å². The molecule has 0 saturated carbocycles. The van der Waals surface area contributed by atoms with Gasteiger partial charge in [-0.25, -0.2) is 13.6 Å². The molecule has 2 aromatic carbocycles. The Morgan fingerprint density at radius 2 is 1.86 bits per heavy atom. The Bertz CT molecular complexity index is 1190. The number of aromatic nitrogens is 1. The number of amides is 3. The van der Waals surface area contributed by atoms with Crippen molar-refractivity contribution in [2.24, 2.45) is 0 Å². The molecule has 1 saturated heterocycles. The van der Waals surface area contributed by atoms with Gasteiger partial charge in [-0.3, -0.25) is 14.5 Å². The van der Waals surface area contributed by atoms with Gasteiger partial charge in [0.1, 0.15) is 17.2 Å². The van der Waals surface area contributed by atoms with Crippen molar-refractivity contribution < 1.29 is 23.2 Å². The smallest absolute Gasteiger partial charge is 0.325 e. The third kappa shape index (κ3) is 2.88. The molecule has 148 valence electrons. The summed E-state index contributed by atoms with van der Waals surface area (Å²) in [5.74, 6) is -2.83. The van der Waals surface area contributed by atoms with E-state index in [1.807, 2.05) is 12.1 Å². The minimum atomic E-state index is -1.81. The number of benzene rings is 2. The molecule has 2 N–H and O–H groups in total. The quantitative estimate of drug-likeness (QED) is 0.523. The lowest BCUT2D eigenvalue weighted by Gasteiger charge is -2.22. The molecule has 1 aliphatic heterocycles. The van der Waals surface area contributed by atoms with E-state index in [1.54, 1.807) is 19.1 Å². The molecular formula is C21H17F2N3O3. The van der Waals surface area contributed by atoms with Crippen LogP contribution >= 0.6 is 0 Å². The van der Waals surface area contributed by atoms with E-state index in [0.29, 0.717) is 16.6 Å². The number of ketones is 1.